The van der Waals surface area contributed by atoms with E-state index in [0.717, 1.165) is 11.1 Å². The fraction of sp³-hybridized carbons (Fsp3) is 0.143. The van der Waals surface area contributed by atoms with E-state index in [-0.39, 0.29) is 11.4 Å². The quantitative estimate of drug-likeness (QED) is 0.580. The zero-order chi connectivity index (χ0) is 19.4. The molecule has 3 rings (SSSR count). The standard InChI is InChI=1S/C21H20ClNO3S/c1-16-6-10-19(11-7-16)23(15-17-4-3-5-20(14-17)26-2)27(24,25)21-12-8-18(22)9-13-21/h3-14H,15H2,1-2H3. The Morgan fingerprint density at radius 2 is 1.63 bits per heavy atom. The third-order valence-electron chi connectivity index (χ3n) is 4.18. The molecule has 0 amide bonds. The molecule has 0 saturated heterocycles. The van der Waals surface area contributed by atoms with Gasteiger partial charge in [0.05, 0.1) is 24.2 Å². The highest BCUT2D eigenvalue weighted by Crippen LogP contribution is 2.28. The van der Waals surface area contributed by atoms with Crippen LogP contribution in [0.1, 0.15) is 11.1 Å². The zero-order valence-corrected chi connectivity index (χ0v) is 16.7. The van der Waals surface area contributed by atoms with Crippen LogP contribution in [0.2, 0.25) is 5.02 Å². The van der Waals surface area contributed by atoms with Gasteiger partial charge in [-0.2, -0.15) is 0 Å². The molecule has 4 nitrogen and oxygen atoms in total. The lowest BCUT2D eigenvalue weighted by Crippen LogP contribution is -2.30. The van der Waals surface area contributed by atoms with E-state index in [1.807, 2.05) is 55.5 Å². The molecule has 0 unspecified atom stereocenters. The summed E-state index contributed by atoms with van der Waals surface area (Å²) in [5.41, 5.74) is 2.48. The Morgan fingerprint density at radius 1 is 0.963 bits per heavy atom. The van der Waals surface area contributed by atoms with E-state index >= 15 is 0 Å². The third kappa shape index (κ3) is 4.43. The van der Waals surface area contributed by atoms with Crippen LogP contribution >= 0.6 is 11.6 Å². The van der Waals surface area contributed by atoms with Gasteiger partial charge in [-0.25, -0.2) is 8.42 Å². The van der Waals surface area contributed by atoms with Crippen molar-refractivity contribution in [2.75, 3.05) is 11.4 Å². The van der Waals surface area contributed by atoms with Gasteiger partial charge in [0.15, 0.2) is 0 Å². The Kier molecular flexibility index (Phi) is 5.73. The number of nitrogens with zero attached hydrogens (tertiary/aromatic N) is 1. The van der Waals surface area contributed by atoms with Crippen LogP contribution < -0.4 is 9.04 Å². The number of sulfonamides is 1. The Morgan fingerprint density at radius 3 is 2.26 bits per heavy atom. The predicted molar refractivity (Wildman–Crippen MR) is 109 cm³/mol. The fourth-order valence-electron chi connectivity index (χ4n) is 2.70. The minimum absolute atomic E-state index is 0.186. The van der Waals surface area contributed by atoms with Crippen LogP contribution in [0.3, 0.4) is 0 Å². The Balaban J connectivity index is 2.06. The van der Waals surface area contributed by atoms with Crippen molar-refractivity contribution in [1.82, 2.24) is 0 Å². The van der Waals surface area contributed by atoms with Gasteiger partial charge in [-0.3, -0.25) is 4.31 Å². The van der Waals surface area contributed by atoms with Crippen molar-refractivity contribution in [2.45, 2.75) is 18.4 Å². The molecule has 0 aliphatic heterocycles. The largest absolute Gasteiger partial charge is 0.497 e. The lowest BCUT2D eigenvalue weighted by Gasteiger charge is -2.25. The minimum atomic E-state index is -3.77. The second-order valence-electron chi connectivity index (χ2n) is 6.15. The van der Waals surface area contributed by atoms with Gasteiger partial charge in [-0.1, -0.05) is 41.4 Å². The predicted octanol–water partition coefficient (Wildman–Crippen LogP) is 5.05. The molecule has 0 saturated carbocycles. The summed E-state index contributed by atoms with van der Waals surface area (Å²) in [6.45, 7) is 2.15. The van der Waals surface area contributed by atoms with Crippen molar-refractivity contribution in [3.8, 4) is 5.75 Å². The van der Waals surface area contributed by atoms with E-state index in [0.29, 0.717) is 16.5 Å². The number of ether oxygens (including phenoxy) is 1. The van der Waals surface area contributed by atoms with Gasteiger partial charge in [-0.15, -0.1) is 0 Å². The van der Waals surface area contributed by atoms with E-state index < -0.39 is 10.0 Å². The van der Waals surface area contributed by atoms with Crippen molar-refractivity contribution >= 4 is 27.3 Å². The second-order valence-corrected chi connectivity index (χ2v) is 8.45. The highest BCUT2D eigenvalue weighted by molar-refractivity contribution is 7.92. The van der Waals surface area contributed by atoms with Crippen molar-refractivity contribution < 1.29 is 13.2 Å². The molecule has 3 aromatic rings. The van der Waals surface area contributed by atoms with Gasteiger partial charge in [0.25, 0.3) is 10.0 Å². The molecule has 0 aromatic heterocycles. The van der Waals surface area contributed by atoms with Gasteiger partial charge >= 0.3 is 0 Å². The highest BCUT2D eigenvalue weighted by Gasteiger charge is 2.25. The van der Waals surface area contributed by atoms with E-state index in [2.05, 4.69) is 0 Å². The van der Waals surface area contributed by atoms with Crippen molar-refractivity contribution in [3.63, 3.8) is 0 Å². The summed E-state index contributed by atoms with van der Waals surface area (Å²) < 4.78 is 33.3. The molecule has 27 heavy (non-hydrogen) atoms. The monoisotopic (exact) mass is 401 g/mol. The van der Waals surface area contributed by atoms with Crippen molar-refractivity contribution in [3.05, 3.63) is 88.9 Å². The second kappa shape index (κ2) is 8.03. The maximum atomic E-state index is 13.3. The zero-order valence-electron chi connectivity index (χ0n) is 15.1. The normalized spacial score (nSPS) is 11.2. The molecule has 3 aromatic carbocycles. The smallest absolute Gasteiger partial charge is 0.264 e. The number of halogens is 1. The number of aryl methyl sites for hydroxylation is 1. The van der Waals surface area contributed by atoms with Crippen LogP contribution in [0.5, 0.6) is 5.75 Å². The first kappa shape index (κ1) is 19.3. The first-order valence-corrected chi connectivity index (χ1v) is 10.2. The molecule has 6 heteroatoms. The van der Waals surface area contributed by atoms with Gasteiger partial charge in [0, 0.05) is 5.02 Å². The summed E-state index contributed by atoms with van der Waals surface area (Å²) in [5.74, 6) is 0.681. The molecule has 0 atom stereocenters. The number of hydrogen-bond donors (Lipinski definition) is 0. The summed E-state index contributed by atoms with van der Waals surface area (Å²) >= 11 is 5.92. The highest BCUT2D eigenvalue weighted by atomic mass is 35.5. The molecule has 0 spiro atoms. The topological polar surface area (TPSA) is 46.6 Å². The van der Waals surface area contributed by atoms with Crippen LogP contribution in [0.25, 0.3) is 0 Å². The van der Waals surface area contributed by atoms with E-state index in [1.165, 1.54) is 16.4 Å². The Labute approximate surface area is 165 Å². The van der Waals surface area contributed by atoms with Gasteiger partial charge < -0.3 is 4.74 Å². The minimum Gasteiger partial charge on any atom is -0.497 e. The molecule has 0 aliphatic rings. The molecular formula is C21H20ClNO3S. The van der Waals surface area contributed by atoms with Crippen LogP contribution in [0, 0.1) is 6.92 Å². The molecule has 0 heterocycles. The van der Waals surface area contributed by atoms with E-state index in [4.69, 9.17) is 16.3 Å². The SMILES string of the molecule is COc1cccc(CN(c2ccc(C)cc2)S(=O)(=O)c2ccc(Cl)cc2)c1. The first-order valence-electron chi connectivity index (χ1n) is 8.38. The number of anilines is 1. The third-order valence-corrected chi connectivity index (χ3v) is 6.22. The summed E-state index contributed by atoms with van der Waals surface area (Å²) in [7, 11) is -2.18. The average molecular weight is 402 g/mol. The first-order chi connectivity index (χ1) is 12.9. The van der Waals surface area contributed by atoms with Crippen molar-refractivity contribution in [1.29, 1.82) is 0 Å². The number of hydrogen-bond acceptors (Lipinski definition) is 3. The molecular weight excluding hydrogens is 382 g/mol. The molecule has 0 radical (unpaired) electrons. The fourth-order valence-corrected chi connectivity index (χ4v) is 4.28. The lowest BCUT2D eigenvalue weighted by atomic mass is 10.2. The van der Waals surface area contributed by atoms with Gasteiger partial charge in [0.2, 0.25) is 0 Å². The maximum absolute atomic E-state index is 13.3. The van der Waals surface area contributed by atoms with Crippen LogP contribution in [-0.4, -0.2) is 15.5 Å². The van der Waals surface area contributed by atoms with Gasteiger partial charge in [0.1, 0.15) is 5.75 Å². The summed E-state index contributed by atoms with van der Waals surface area (Å²) in [6.07, 6.45) is 0. The summed E-state index contributed by atoms with van der Waals surface area (Å²) in [4.78, 5) is 0.190. The molecule has 0 fully saturated rings. The van der Waals surface area contributed by atoms with Crippen LogP contribution in [0.4, 0.5) is 5.69 Å². The Bertz CT molecular complexity index is 1020. The number of methoxy groups -OCH3 is 1. The average Bonchev–Trinajstić information content (AvgIpc) is 2.67. The lowest BCUT2D eigenvalue weighted by molar-refractivity contribution is 0.414. The maximum Gasteiger partial charge on any atom is 0.264 e. The van der Waals surface area contributed by atoms with Gasteiger partial charge in [-0.05, 0) is 61.0 Å². The molecule has 0 bridgehead atoms. The van der Waals surface area contributed by atoms with E-state index in [1.54, 1.807) is 19.2 Å². The summed E-state index contributed by atoms with van der Waals surface area (Å²) in [5, 5.41) is 0.489. The van der Waals surface area contributed by atoms with Crippen LogP contribution in [0.15, 0.2) is 77.7 Å². The van der Waals surface area contributed by atoms with Crippen molar-refractivity contribution in [2.24, 2.45) is 0 Å². The van der Waals surface area contributed by atoms with E-state index in [9.17, 15) is 8.42 Å². The Hall–Kier alpha value is -2.50. The molecule has 140 valence electrons. The number of rotatable bonds is 6. The summed E-state index contributed by atoms with van der Waals surface area (Å²) in [6, 6.07) is 21.0. The number of benzene rings is 3. The van der Waals surface area contributed by atoms with Crippen LogP contribution in [-0.2, 0) is 16.6 Å². The molecule has 0 N–H and O–H groups in total. The molecule has 0 aliphatic carbocycles.